The molecule has 1 aliphatic carbocycles. The Morgan fingerprint density at radius 3 is 2.71 bits per heavy atom. The van der Waals surface area contributed by atoms with E-state index in [1.807, 2.05) is 18.2 Å². The summed E-state index contributed by atoms with van der Waals surface area (Å²) in [5, 5.41) is 2.45. The summed E-state index contributed by atoms with van der Waals surface area (Å²) in [5.41, 5.74) is 4.25. The van der Waals surface area contributed by atoms with Gasteiger partial charge in [-0.05, 0) is 23.6 Å². The van der Waals surface area contributed by atoms with E-state index in [0.29, 0.717) is 0 Å². The zero-order chi connectivity index (χ0) is 11.2. The minimum atomic E-state index is 1.01. The third kappa shape index (κ3) is 1.18. The van der Waals surface area contributed by atoms with Crippen LogP contribution in [0.15, 0.2) is 54.6 Å². The number of para-hydroxylation sites is 2. The van der Waals surface area contributed by atoms with E-state index in [4.69, 9.17) is 4.98 Å². The lowest BCUT2D eigenvalue weighted by Crippen LogP contribution is -1.88. The van der Waals surface area contributed by atoms with E-state index in [2.05, 4.69) is 41.4 Å². The van der Waals surface area contributed by atoms with Crippen molar-refractivity contribution in [3.8, 4) is 11.4 Å². The molecular formula is C15H10N2. The summed E-state index contributed by atoms with van der Waals surface area (Å²) in [6.07, 6.45) is 0. The number of nitrogens with zero attached hydrogens (tertiary/aromatic N) is 1. The van der Waals surface area contributed by atoms with Crippen molar-refractivity contribution >= 4 is 21.8 Å². The van der Waals surface area contributed by atoms with Crippen molar-refractivity contribution in [3.63, 3.8) is 0 Å². The Bertz CT molecular complexity index is 792. The molecular weight excluding hydrogens is 208 g/mol. The van der Waals surface area contributed by atoms with Crippen LogP contribution in [0, 0.1) is 0 Å². The fourth-order valence-electron chi connectivity index (χ4n) is 2.37. The van der Waals surface area contributed by atoms with E-state index in [1.54, 1.807) is 0 Å². The fraction of sp³-hybridized carbons (Fsp3) is 0. The summed E-state index contributed by atoms with van der Waals surface area (Å²) in [4.78, 5) is 8.17. The minimum absolute atomic E-state index is 1.01. The third-order valence-corrected chi connectivity index (χ3v) is 3.18. The van der Waals surface area contributed by atoms with Crippen LogP contribution >= 0.6 is 0 Å². The molecule has 2 nitrogen and oxygen atoms in total. The van der Waals surface area contributed by atoms with E-state index in [0.717, 1.165) is 22.4 Å². The van der Waals surface area contributed by atoms with Gasteiger partial charge in [0.25, 0.3) is 0 Å². The maximum absolute atomic E-state index is 4.73. The van der Waals surface area contributed by atoms with Gasteiger partial charge in [0.2, 0.25) is 0 Å². The highest BCUT2D eigenvalue weighted by molar-refractivity contribution is 6.01. The molecule has 1 N–H and O–H groups in total. The highest BCUT2D eigenvalue weighted by Gasteiger charge is 2.12. The van der Waals surface area contributed by atoms with Gasteiger partial charge in [0.05, 0.1) is 22.4 Å². The summed E-state index contributed by atoms with van der Waals surface area (Å²) in [6, 6.07) is 18.6. The highest BCUT2D eigenvalue weighted by Crippen LogP contribution is 2.32. The van der Waals surface area contributed by atoms with Crippen LogP contribution in [0.4, 0.5) is 0 Å². The Labute approximate surface area is 98.3 Å². The van der Waals surface area contributed by atoms with Crippen LogP contribution in [0.2, 0.25) is 0 Å². The maximum Gasteiger partial charge on any atom is 0.0951 e. The monoisotopic (exact) mass is 218 g/mol. The molecule has 2 aromatic rings. The van der Waals surface area contributed by atoms with Crippen molar-refractivity contribution in [1.29, 1.82) is 0 Å². The number of H-pyrrole nitrogens is 1. The van der Waals surface area contributed by atoms with E-state index in [-0.39, 0.29) is 0 Å². The molecule has 0 atom stereocenters. The quantitative estimate of drug-likeness (QED) is 0.477. The third-order valence-electron chi connectivity index (χ3n) is 3.18. The molecule has 2 heteroatoms. The molecule has 1 aliphatic heterocycles. The van der Waals surface area contributed by atoms with Crippen LogP contribution in [0.25, 0.3) is 33.2 Å². The summed E-state index contributed by atoms with van der Waals surface area (Å²) in [6.45, 7) is 0. The lowest BCUT2D eigenvalue weighted by atomic mass is 10.2. The van der Waals surface area contributed by atoms with E-state index in [9.17, 15) is 0 Å². The first-order valence-corrected chi connectivity index (χ1v) is 5.68. The van der Waals surface area contributed by atoms with Crippen LogP contribution in [0.5, 0.6) is 0 Å². The Balaban J connectivity index is 2.25. The molecule has 0 unspecified atom stereocenters. The molecule has 2 aromatic carbocycles. The maximum atomic E-state index is 4.73. The Morgan fingerprint density at radius 1 is 0.882 bits per heavy atom. The molecule has 1 heterocycles. The summed E-state index contributed by atoms with van der Waals surface area (Å²) < 4.78 is 0. The number of hydrogen-bond donors (Lipinski definition) is 1. The van der Waals surface area contributed by atoms with E-state index < -0.39 is 0 Å². The summed E-state index contributed by atoms with van der Waals surface area (Å²) >= 11 is 0. The van der Waals surface area contributed by atoms with Crippen LogP contribution in [-0.4, -0.2) is 9.97 Å². The van der Waals surface area contributed by atoms with Gasteiger partial charge in [0.15, 0.2) is 0 Å². The largest absolute Gasteiger partial charge is 0.352 e. The molecule has 0 radical (unpaired) electrons. The van der Waals surface area contributed by atoms with Gasteiger partial charge in [-0.15, -0.1) is 0 Å². The second kappa shape index (κ2) is 3.08. The van der Waals surface area contributed by atoms with Crippen molar-refractivity contribution in [1.82, 2.24) is 9.97 Å². The second-order valence-electron chi connectivity index (χ2n) is 4.25. The first-order valence-electron chi connectivity index (χ1n) is 5.68. The average Bonchev–Trinajstić information content (AvgIpc) is 2.73. The molecule has 0 fully saturated rings. The fourth-order valence-corrected chi connectivity index (χ4v) is 2.37. The molecule has 0 saturated carbocycles. The predicted octanol–water partition coefficient (Wildman–Crippen LogP) is 3.82. The molecule has 0 bridgehead atoms. The number of hydrogen-bond acceptors (Lipinski definition) is 1. The number of aromatic amines is 1. The standard InChI is InChI=1S/C15H10N2/c1-2-6-11-10(5-1)9-14-15(11)17-13-8-4-3-7-12(13)16-14/h1-9,16H. The molecule has 0 aromatic heterocycles. The average molecular weight is 218 g/mol. The topological polar surface area (TPSA) is 28.7 Å². The van der Waals surface area contributed by atoms with Crippen LogP contribution in [-0.2, 0) is 0 Å². The van der Waals surface area contributed by atoms with Gasteiger partial charge in [-0.25, -0.2) is 4.98 Å². The molecule has 0 saturated heterocycles. The second-order valence-corrected chi connectivity index (χ2v) is 4.25. The number of rotatable bonds is 0. The molecule has 2 aliphatic rings. The van der Waals surface area contributed by atoms with Gasteiger partial charge >= 0.3 is 0 Å². The Hall–Kier alpha value is -2.35. The smallest absolute Gasteiger partial charge is 0.0951 e. The van der Waals surface area contributed by atoms with Gasteiger partial charge < -0.3 is 4.98 Å². The zero-order valence-corrected chi connectivity index (χ0v) is 9.14. The Kier molecular flexibility index (Phi) is 1.59. The lowest BCUT2D eigenvalue weighted by Gasteiger charge is -2.03. The van der Waals surface area contributed by atoms with Gasteiger partial charge in [0.1, 0.15) is 0 Å². The first kappa shape index (κ1) is 8.76. The van der Waals surface area contributed by atoms with E-state index >= 15 is 0 Å². The van der Waals surface area contributed by atoms with Crippen molar-refractivity contribution < 1.29 is 0 Å². The van der Waals surface area contributed by atoms with E-state index in [1.165, 1.54) is 10.8 Å². The molecule has 0 amide bonds. The van der Waals surface area contributed by atoms with Gasteiger partial charge in [-0.2, -0.15) is 0 Å². The minimum Gasteiger partial charge on any atom is -0.352 e. The molecule has 80 valence electrons. The predicted molar refractivity (Wildman–Crippen MR) is 70.2 cm³/mol. The number of benzene rings is 2. The number of nitrogens with one attached hydrogen (secondary N) is 1. The number of aromatic nitrogens is 2. The van der Waals surface area contributed by atoms with Gasteiger partial charge in [0, 0.05) is 5.39 Å². The van der Waals surface area contributed by atoms with Crippen molar-refractivity contribution in [2.75, 3.05) is 0 Å². The van der Waals surface area contributed by atoms with Crippen molar-refractivity contribution in [2.24, 2.45) is 0 Å². The molecule has 17 heavy (non-hydrogen) atoms. The zero-order valence-electron chi connectivity index (χ0n) is 9.14. The number of fused-ring (bicyclic) bond motifs is 4. The normalized spacial score (nSPS) is 11.5. The van der Waals surface area contributed by atoms with Crippen LogP contribution in [0.1, 0.15) is 0 Å². The van der Waals surface area contributed by atoms with Crippen LogP contribution in [0.3, 0.4) is 0 Å². The van der Waals surface area contributed by atoms with Crippen molar-refractivity contribution in [2.45, 2.75) is 0 Å². The van der Waals surface area contributed by atoms with Crippen LogP contribution < -0.4 is 0 Å². The molecule has 0 spiro atoms. The lowest BCUT2D eigenvalue weighted by molar-refractivity contribution is 1.31. The Morgan fingerprint density at radius 2 is 1.71 bits per heavy atom. The molecule has 4 rings (SSSR count). The van der Waals surface area contributed by atoms with Gasteiger partial charge in [-0.3, -0.25) is 0 Å². The summed E-state index contributed by atoms with van der Waals surface area (Å²) in [7, 11) is 0. The van der Waals surface area contributed by atoms with Crippen molar-refractivity contribution in [3.05, 3.63) is 54.6 Å². The summed E-state index contributed by atoms with van der Waals surface area (Å²) in [5.74, 6) is 0. The first-order chi connectivity index (χ1) is 8.42. The van der Waals surface area contributed by atoms with Gasteiger partial charge in [-0.1, -0.05) is 36.4 Å². The highest BCUT2D eigenvalue weighted by atomic mass is 14.8. The SMILES string of the molecule is c1ccc2c3nc4ccccc4[nH]c-3cc2c1.